The van der Waals surface area contributed by atoms with Crippen molar-refractivity contribution in [3.8, 4) is 0 Å². The highest BCUT2D eigenvalue weighted by molar-refractivity contribution is 9.10. The van der Waals surface area contributed by atoms with Gasteiger partial charge in [0.1, 0.15) is 6.04 Å². The van der Waals surface area contributed by atoms with Crippen LogP contribution in [0.3, 0.4) is 0 Å². The predicted octanol–water partition coefficient (Wildman–Crippen LogP) is 5.69. The van der Waals surface area contributed by atoms with Gasteiger partial charge in [-0.05, 0) is 47.9 Å². The van der Waals surface area contributed by atoms with Crippen LogP contribution in [0.4, 0.5) is 5.69 Å². The Balaban J connectivity index is 1.86. The van der Waals surface area contributed by atoms with Crippen LogP contribution in [0.1, 0.15) is 24.0 Å². The van der Waals surface area contributed by atoms with Crippen LogP contribution in [0.25, 0.3) is 0 Å². The molecule has 0 aromatic heterocycles. The summed E-state index contributed by atoms with van der Waals surface area (Å²) in [7, 11) is -2.16. The van der Waals surface area contributed by atoms with Gasteiger partial charge in [0.2, 0.25) is 21.8 Å². The zero-order valence-corrected chi connectivity index (χ0v) is 25.5. The number of likely N-dealkylation sites (N-methyl/N-ethyl adjacent to an activating group) is 1. The maximum absolute atomic E-state index is 13.7. The smallest absolute Gasteiger partial charge is 0.242 e. The van der Waals surface area contributed by atoms with Gasteiger partial charge in [-0.15, -0.1) is 0 Å². The fourth-order valence-electron chi connectivity index (χ4n) is 4.17. The zero-order valence-electron chi connectivity index (χ0n) is 21.6. The molecule has 208 valence electrons. The lowest BCUT2D eigenvalue weighted by atomic mass is 10.0. The first-order valence-electron chi connectivity index (χ1n) is 12.2. The number of rotatable bonds is 12. The van der Waals surface area contributed by atoms with E-state index in [1.165, 1.54) is 12.1 Å². The molecule has 3 aromatic rings. The third-order valence-electron chi connectivity index (χ3n) is 6.11. The van der Waals surface area contributed by atoms with Crippen LogP contribution < -0.4 is 9.62 Å². The van der Waals surface area contributed by atoms with E-state index in [9.17, 15) is 18.0 Å². The molecule has 1 atom stereocenters. The Morgan fingerprint density at radius 1 is 0.974 bits per heavy atom. The normalized spacial score (nSPS) is 12.0. The molecule has 3 rings (SSSR count). The lowest BCUT2D eigenvalue weighted by molar-refractivity contribution is -0.141. The van der Waals surface area contributed by atoms with Gasteiger partial charge in [0.15, 0.2) is 0 Å². The van der Waals surface area contributed by atoms with Gasteiger partial charge in [-0.3, -0.25) is 13.9 Å². The number of halogens is 3. The van der Waals surface area contributed by atoms with Crippen LogP contribution in [0.15, 0.2) is 77.3 Å². The molecule has 0 aliphatic rings. The van der Waals surface area contributed by atoms with Gasteiger partial charge in [-0.2, -0.15) is 0 Å². The summed E-state index contributed by atoms with van der Waals surface area (Å²) in [4.78, 5) is 28.3. The van der Waals surface area contributed by atoms with Gasteiger partial charge in [0.05, 0.1) is 17.0 Å². The summed E-state index contributed by atoms with van der Waals surface area (Å²) in [5.41, 5.74) is 2.02. The molecule has 11 heteroatoms. The number of hydrogen-bond acceptors (Lipinski definition) is 4. The fourth-order valence-corrected chi connectivity index (χ4v) is 5.84. The maximum atomic E-state index is 13.7. The summed E-state index contributed by atoms with van der Waals surface area (Å²) in [6.07, 6.45) is 1.63. The quantitative estimate of drug-likeness (QED) is 0.272. The second kappa shape index (κ2) is 14.2. The van der Waals surface area contributed by atoms with Crippen molar-refractivity contribution in [1.29, 1.82) is 0 Å². The first-order valence-corrected chi connectivity index (χ1v) is 15.6. The minimum Gasteiger partial charge on any atom is -0.357 e. The molecular formula is C28H30BrCl2N3O4S. The van der Waals surface area contributed by atoms with Crippen molar-refractivity contribution < 1.29 is 18.0 Å². The topological polar surface area (TPSA) is 86.8 Å². The first kappa shape index (κ1) is 30.9. The van der Waals surface area contributed by atoms with Crippen LogP contribution in [0.5, 0.6) is 0 Å². The van der Waals surface area contributed by atoms with Crippen LogP contribution in [0, 0.1) is 0 Å². The number of carbonyl (C=O) groups is 2. The van der Waals surface area contributed by atoms with Crippen LogP contribution in [-0.4, -0.2) is 51.0 Å². The van der Waals surface area contributed by atoms with E-state index in [0.717, 1.165) is 26.2 Å². The van der Waals surface area contributed by atoms with Crippen molar-refractivity contribution in [2.45, 2.75) is 31.8 Å². The second-order valence-electron chi connectivity index (χ2n) is 9.00. The van der Waals surface area contributed by atoms with Gasteiger partial charge >= 0.3 is 0 Å². The molecule has 0 saturated carbocycles. The summed E-state index contributed by atoms with van der Waals surface area (Å²) in [6, 6.07) is 20.8. The molecular weight excluding hydrogens is 625 g/mol. The number of sulfonamides is 1. The van der Waals surface area contributed by atoms with Crippen molar-refractivity contribution in [1.82, 2.24) is 10.2 Å². The highest BCUT2D eigenvalue weighted by Gasteiger charge is 2.30. The number of benzene rings is 3. The average molecular weight is 655 g/mol. The second-order valence-corrected chi connectivity index (χ2v) is 12.7. The number of nitrogens with zero attached hydrogens (tertiary/aromatic N) is 2. The number of nitrogens with one attached hydrogen (secondary N) is 1. The molecule has 0 heterocycles. The molecule has 39 heavy (non-hydrogen) atoms. The van der Waals surface area contributed by atoms with E-state index in [0.29, 0.717) is 11.4 Å². The van der Waals surface area contributed by atoms with Crippen molar-refractivity contribution in [3.63, 3.8) is 0 Å². The van der Waals surface area contributed by atoms with Gasteiger partial charge in [0.25, 0.3) is 0 Å². The molecule has 0 aliphatic heterocycles. The zero-order chi connectivity index (χ0) is 28.6. The number of anilines is 1. The minimum absolute atomic E-state index is 0.0140. The van der Waals surface area contributed by atoms with Crippen LogP contribution in [-0.2, 0) is 32.6 Å². The standard InChI is InChI=1S/C28H30BrCl2N3O4S/c1-32-28(36)26(17-20-7-4-3-5-8-20)33(19-21-10-12-22(29)13-11-21)27(35)9-6-16-34(39(2,37)38)25-18-23(30)14-15-24(25)31/h3-5,7-8,10-15,18,26H,6,9,16-17,19H2,1-2H3,(H,32,36)/t26-/m0/s1. The highest BCUT2D eigenvalue weighted by atomic mass is 79.9. The molecule has 0 radical (unpaired) electrons. The number of hydrogen-bond donors (Lipinski definition) is 1. The molecule has 0 aliphatic carbocycles. The largest absolute Gasteiger partial charge is 0.357 e. The summed E-state index contributed by atoms with van der Waals surface area (Å²) in [6.45, 7) is 0.229. The van der Waals surface area contributed by atoms with E-state index in [1.807, 2.05) is 54.6 Å². The Morgan fingerprint density at radius 3 is 2.26 bits per heavy atom. The van der Waals surface area contributed by atoms with E-state index >= 15 is 0 Å². The van der Waals surface area contributed by atoms with E-state index in [-0.39, 0.29) is 48.5 Å². The summed E-state index contributed by atoms with van der Waals surface area (Å²) >= 11 is 15.8. The van der Waals surface area contributed by atoms with Crippen LogP contribution in [0.2, 0.25) is 10.0 Å². The highest BCUT2D eigenvalue weighted by Crippen LogP contribution is 2.31. The van der Waals surface area contributed by atoms with Crippen molar-refractivity contribution in [2.24, 2.45) is 0 Å². The van der Waals surface area contributed by atoms with E-state index in [4.69, 9.17) is 23.2 Å². The molecule has 1 N–H and O–H groups in total. The summed E-state index contributed by atoms with van der Waals surface area (Å²) in [5.74, 6) is -0.555. The summed E-state index contributed by atoms with van der Waals surface area (Å²) < 4.78 is 27.2. The molecule has 3 aromatic carbocycles. The van der Waals surface area contributed by atoms with Crippen molar-refractivity contribution >= 4 is 66.7 Å². The molecule has 0 unspecified atom stereocenters. The van der Waals surface area contributed by atoms with Gasteiger partial charge in [-0.1, -0.05) is 81.6 Å². The Bertz CT molecular complexity index is 1390. The lowest BCUT2D eigenvalue weighted by Crippen LogP contribution is -2.49. The molecule has 0 fully saturated rings. The SMILES string of the molecule is CNC(=O)[C@H](Cc1ccccc1)N(Cc1ccc(Br)cc1)C(=O)CCCN(c1cc(Cl)ccc1Cl)S(C)(=O)=O. The Labute approximate surface area is 248 Å². The monoisotopic (exact) mass is 653 g/mol. The summed E-state index contributed by atoms with van der Waals surface area (Å²) in [5, 5.41) is 3.26. The molecule has 2 amide bonds. The van der Waals surface area contributed by atoms with E-state index in [2.05, 4.69) is 21.2 Å². The Kier molecular flexibility index (Phi) is 11.2. The van der Waals surface area contributed by atoms with Crippen LogP contribution >= 0.6 is 39.1 Å². The van der Waals surface area contributed by atoms with E-state index < -0.39 is 16.1 Å². The lowest BCUT2D eigenvalue weighted by Gasteiger charge is -2.31. The molecule has 0 bridgehead atoms. The Hall–Kier alpha value is -2.59. The Morgan fingerprint density at radius 2 is 1.64 bits per heavy atom. The molecule has 0 saturated heterocycles. The van der Waals surface area contributed by atoms with Gasteiger partial charge in [-0.25, -0.2) is 8.42 Å². The first-order chi connectivity index (χ1) is 18.5. The molecule has 0 spiro atoms. The average Bonchev–Trinajstić information content (AvgIpc) is 2.90. The predicted molar refractivity (Wildman–Crippen MR) is 161 cm³/mol. The third-order valence-corrected chi connectivity index (χ3v) is 8.38. The van der Waals surface area contributed by atoms with Gasteiger partial charge < -0.3 is 10.2 Å². The van der Waals surface area contributed by atoms with Crippen molar-refractivity contribution in [2.75, 3.05) is 24.2 Å². The molecule has 7 nitrogen and oxygen atoms in total. The third kappa shape index (κ3) is 8.96. The maximum Gasteiger partial charge on any atom is 0.242 e. The van der Waals surface area contributed by atoms with Gasteiger partial charge in [0, 0.05) is 42.5 Å². The number of carbonyl (C=O) groups excluding carboxylic acids is 2. The van der Waals surface area contributed by atoms with E-state index in [1.54, 1.807) is 18.0 Å². The minimum atomic E-state index is -3.71. The van der Waals surface area contributed by atoms with Crippen molar-refractivity contribution in [3.05, 3.63) is 98.4 Å². The number of amides is 2. The fraction of sp³-hybridized carbons (Fsp3) is 0.286.